The van der Waals surface area contributed by atoms with Crippen molar-refractivity contribution in [1.29, 1.82) is 0 Å². The molecule has 2 heterocycles. The summed E-state index contributed by atoms with van der Waals surface area (Å²) in [6.45, 7) is 0.826. The molecule has 0 spiro atoms. The van der Waals surface area contributed by atoms with Crippen molar-refractivity contribution in [2.45, 2.75) is 0 Å². The predicted octanol–water partition coefficient (Wildman–Crippen LogP) is 10.5. The molecule has 0 bridgehead atoms. The highest BCUT2D eigenvalue weighted by Gasteiger charge is 2.14. The number of para-hydroxylation sites is 1. The van der Waals surface area contributed by atoms with Crippen molar-refractivity contribution in [2.24, 2.45) is 5.73 Å². The SMILES string of the molecule is Brc1ccc(-c2cccc(-c3nc4ccccc4s3)c2)cc1.NC1=CN(c2ccc(Br)cc2)CC(c2ccccc2)=C1. The average molecular weight is 694 g/mol. The zero-order chi connectivity index (χ0) is 28.9. The third-order valence-electron chi connectivity index (χ3n) is 6.87. The van der Waals surface area contributed by atoms with Crippen LogP contribution in [-0.4, -0.2) is 11.5 Å². The number of benzene rings is 5. The fourth-order valence-electron chi connectivity index (χ4n) is 4.79. The zero-order valence-electron chi connectivity index (χ0n) is 22.6. The molecule has 0 amide bonds. The Morgan fingerprint density at radius 2 is 1.29 bits per heavy atom. The van der Waals surface area contributed by atoms with E-state index in [0.717, 1.165) is 37.4 Å². The predicted molar refractivity (Wildman–Crippen MR) is 186 cm³/mol. The van der Waals surface area contributed by atoms with Crippen LogP contribution in [0.4, 0.5) is 5.69 Å². The van der Waals surface area contributed by atoms with E-state index in [-0.39, 0.29) is 0 Å². The Kier molecular flexibility index (Phi) is 8.65. The molecular formula is C36H27Br2N3S. The number of hydrogen-bond donors (Lipinski definition) is 1. The van der Waals surface area contributed by atoms with Gasteiger partial charge in [-0.2, -0.15) is 0 Å². The Morgan fingerprint density at radius 1 is 0.643 bits per heavy atom. The first-order valence-corrected chi connectivity index (χ1v) is 15.9. The summed E-state index contributed by atoms with van der Waals surface area (Å²) >= 11 is 8.68. The molecule has 0 radical (unpaired) electrons. The Morgan fingerprint density at radius 3 is 2.02 bits per heavy atom. The topological polar surface area (TPSA) is 42.1 Å². The minimum absolute atomic E-state index is 0.776. The van der Waals surface area contributed by atoms with Gasteiger partial charge in [0.15, 0.2) is 0 Å². The van der Waals surface area contributed by atoms with Crippen molar-refractivity contribution >= 4 is 64.7 Å². The lowest BCUT2D eigenvalue weighted by Gasteiger charge is -2.26. The number of aromatic nitrogens is 1. The summed E-state index contributed by atoms with van der Waals surface area (Å²) in [6, 6.07) is 43.8. The van der Waals surface area contributed by atoms with Crippen molar-refractivity contribution in [2.75, 3.05) is 11.4 Å². The number of nitrogens with two attached hydrogens (primary N) is 1. The van der Waals surface area contributed by atoms with Gasteiger partial charge in [0, 0.05) is 38.6 Å². The number of halogens is 2. The Hall–Kier alpha value is -3.97. The molecule has 0 saturated heterocycles. The molecule has 6 heteroatoms. The second kappa shape index (κ2) is 12.9. The van der Waals surface area contributed by atoms with Gasteiger partial charge < -0.3 is 10.6 Å². The van der Waals surface area contributed by atoms with E-state index in [9.17, 15) is 0 Å². The maximum Gasteiger partial charge on any atom is 0.124 e. The van der Waals surface area contributed by atoms with Gasteiger partial charge in [-0.3, -0.25) is 0 Å². The number of anilines is 1. The second-order valence-corrected chi connectivity index (χ2v) is 12.7. The molecule has 3 nitrogen and oxygen atoms in total. The molecule has 0 saturated carbocycles. The number of allylic oxidation sites excluding steroid dienone is 1. The molecule has 0 aliphatic carbocycles. The average Bonchev–Trinajstić information content (AvgIpc) is 3.47. The quantitative estimate of drug-likeness (QED) is 0.200. The summed E-state index contributed by atoms with van der Waals surface area (Å²) < 4.78 is 3.40. The second-order valence-electron chi connectivity index (χ2n) is 9.84. The van der Waals surface area contributed by atoms with Gasteiger partial charge in [0.2, 0.25) is 0 Å². The van der Waals surface area contributed by atoms with Crippen molar-refractivity contribution in [3.05, 3.63) is 160 Å². The molecule has 0 fully saturated rings. The highest BCUT2D eigenvalue weighted by molar-refractivity contribution is 9.10. The summed E-state index contributed by atoms with van der Waals surface area (Å²) in [5.74, 6) is 0. The van der Waals surface area contributed by atoms with Crippen molar-refractivity contribution in [1.82, 2.24) is 4.98 Å². The lowest BCUT2D eigenvalue weighted by molar-refractivity contribution is 1.06. The smallest absolute Gasteiger partial charge is 0.124 e. The highest BCUT2D eigenvalue weighted by Crippen LogP contribution is 2.33. The van der Waals surface area contributed by atoms with E-state index in [4.69, 9.17) is 10.7 Å². The maximum absolute atomic E-state index is 6.05. The first-order valence-electron chi connectivity index (χ1n) is 13.5. The molecule has 2 N–H and O–H groups in total. The van der Waals surface area contributed by atoms with Gasteiger partial charge in [-0.1, -0.05) is 105 Å². The van der Waals surface area contributed by atoms with E-state index >= 15 is 0 Å². The molecule has 0 atom stereocenters. The van der Waals surface area contributed by atoms with Crippen LogP contribution in [0.2, 0.25) is 0 Å². The molecule has 42 heavy (non-hydrogen) atoms. The number of hydrogen-bond acceptors (Lipinski definition) is 4. The van der Waals surface area contributed by atoms with Gasteiger partial charge >= 0.3 is 0 Å². The van der Waals surface area contributed by atoms with E-state index in [2.05, 4.69) is 140 Å². The standard InChI is InChI=1S/C19H12BrNS.C17H15BrN2/c20-16-10-8-13(9-11-16)14-4-3-5-15(12-14)19-21-17-6-1-2-7-18(17)22-19;18-15-6-8-17(9-7-15)20-11-14(10-16(19)12-20)13-4-2-1-3-5-13/h1-12H;1-10,12H,11,19H2. The molecule has 5 aromatic carbocycles. The maximum atomic E-state index is 6.05. The van der Waals surface area contributed by atoms with E-state index in [1.165, 1.54) is 32.5 Å². The fraction of sp³-hybridized carbons (Fsp3) is 0.0278. The molecule has 1 aromatic heterocycles. The molecule has 0 unspecified atom stereocenters. The van der Waals surface area contributed by atoms with Crippen LogP contribution in [0.25, 0.3) is 37.5 Å². The molecule has 1 aliphatic heterocycles. The fourth-order valence-corrected chi connectivity index (χ4v) is 6.28. The van der Waals surface area contributed by atoms with Crippen LogP contribution in [0, 0.1) is 0 Å². The van der Waals surface area contributed by atoms with Crippen LogP contribution in [0.1, 0.15) is 5.56 Å². The van der Waals surface area contributed by atoms with Crippen molar-refractivity contribution in [3.8, 4) is 21.7 Å². The molecule has 206 valence electrons. The number of rotatable bonds is 4. The first kappa shape index (κ1) is 28.2. The third-order valence-corrected chi connectivity index (χ3v) is 9.01. The van der Waals surface area contributed by atoms with Gasteiger partial charge in [0.05, 0.1) is 10.2 Å². The molecule has 6 aromatic rings. The van der Waals surface area contributed by atoms with E-state index in [1.807, 2.05) is 36.5 Å². The summed E-state index contributed by atoms with van der Waals surface area (Å²) in [6.07, 6.45) is 4.03. The number of fused-ring (bicyclic) bond motifs is 1. The van der Waals surface area contributed by atoms with Crippen LogP contribution in [0.5, 0.6) is 0 Å². The summed E-state index contributed by atoms with van der Waals surface area (Å²) in [4.78, 5) is 6.91. The van der Waals surface area contributed by atoms with Gasteiger partial charge in [0.1, 0.15) is 5.01 Å². The summed E-state index contributed by atoms with van der Waals surface area (Å²) in [5.41, 5.74) is 15.1. The van der Waals surface area contributed by atoms with Gasteiger partial charge in [-0.15, -0.1) is 11.3 Å². The van der Waals surface area contributed by atoms with Gasteiger partial charge in [-0.05, 0) is 82.9 Å². The van der Waals surface area contributed by atoms with E-state index in [0.29, 0.717) is 0 Å². The minimum atomic E-state index is 0.776. The Bertz CT molecular complexity index is 1840. The molecule has 7 rings (SSSR count). The lowest BCUT2D eigenvalue weighted by Crippen LogP contribution is -2.24. The molecule has 1 aliphatic rings. The first-order chi connectivity index (χ1) is 20.5. The van der Waals surface area contributed by atoms with Crippen LogP contribution < -0.4 is 10.6 Å². The number of nitrogens with zero attached hydrogens (tertiary/aromatic N) is 2. The molecular weight excluding hydrogens is 666 g/mol. The van der Waals surface area contributed by atoms with Crippen LogP contribution in [0.15, 0.2) is 154 Å². The van der Waals surface area contributed by atoms with Crippen LogP contribution in [-0.2, 0) is 0 Å². The Labute approximate surface area is 266 Å². The van der Waals surface area contributed by atoms with Crippen molar-refractivity contribution < 1.29 is 0 Å². The van der Waals surface area contributed by atoms with Crippen LogP contribution in [0.3, 0.4) is 0 Å². The largest absolute Gasteiger partial charge is 0.398 e. The van der Waals surface area contributed by atoms with Gasteiger partial charge in [0.25, 0.3) is 0 Å². The zero-order valence-corrected chi connectivity index (χ0v) is 26.6. The third kappa shape index (κ3) is 6.73. The normalized spacial score (nSPS) is 12.8. The number of thiazole rings is 1. The Balaban J connectivity index is 0.000000151. The van der Waals surface area contributed by atoms with Crippen LogP contribution >= 0.6 is 43.2 Å². The lowest BCUT2D eigenvalue weighted by atomic mass is 10.0. The summed E-state index contributed by atoms with van der Waals surface area (Å²) in [7, 11) is 0. The monoisotopic (exact) mass is 691 g/mol. The summed E-state index contributed by atoms with van der Waals surface area (Å²) in [5, 5.41) is 1.07. The van der Waals surface area contributed by atoms with Crippen molar-refractivity contribution in [3.63, 3.8) is 0 Å². The minimum Gasteiger partial charge on any atom is -0.398 e. The highest BCUT2D eigenvalue weighted by atomic mass is 79.9. The van der Waals surface area contributed by atoms with Gasteiger partial charge in [-0.25, -0.2) is 4.98 Å². The van der Waals surface area contributed by atoms with E-state index < -0.39 is 0 Å². The van der Waals surface area contributed by atoms with E-state index in [1.54, 1.807) is 11.3 Å².